The second-order valence-corrected chi connectivity index (χ2v) is 6.70. The van der Waals surface area contributed by atoms with E-state index >= 15 is 0 Å². The van der Waals surface area contributed by atoms with Crippen molar-refractivity contribution >= 4 is 17.4 Å². The number of nitrogens with zero attached hydrogens (tertiary/aromatic N) is 3. The normalized spacial score (nSPS) is 10.6. The van der Waals surface area contributed by atoms with E-state index in [1.54, 1.807) is 30.3 Å². The first-order chi connectivity index (χ1) is 12.9. The maximum Gasteiger partial charge on any atom is 0.267 e. The Balaban J connectivity index is 1.93. The predicted molar refractivity (Wildman–Crippen MR) is 105 cm³/mol. The molecule has 0 bridgehead atoms. The van der Waals surface area contributed by atoms with Crippen molar-refractivity contribution < 1.29 is 4.79 Å². The number of benzene rings is 1. The van der Waals surface area contributed by atoms with Crippen LogP contribution >= 0.6 is 11.6 Å². The Morgan fingerprint density at radius 3 is 2.59 bits per heavy atom. The van der Waals surface area contributed by atoms with Crippen molar-refractivity contribution in [3.63, 3.8) is 0 Å². The Labute approximate surface area is 162 Å². The van der Waals surface area contributed by atoms with Gasteiger partial charge in [0.15, 0.2) is 0 Å². The Bertz CT molecular complexity index is 1100. The lowest BCUT2D eigenvalue weighted by Crippen LogP contribution is -2.22. The molecule has 5 nitrogen and oxygen atoms in total. The van der Waals surface area contributed by atoms with E-state index in [1.165, 1.54) is 10.7 Å². The summed E-state index contributed by atoms with van der Waals surface area (Å²) in [6.07, 6.45) is 5.76. The molecule has 0 N–H and O–H groups in total. The molecule has 136 valence electrons. The van der Waals surface area contributed by atoms with Crippen LogP contribution in [0.3, 0.4) is 0 Å². The van der Waals surface area contributed by atoms with E-state index in [4.69, 9.17) is 18.0 Å². The molecule has 0 atom stereocenters. The highest BCUT2D eigenvalue weighted by Crippen LogP contribution is 2.21. The van der Waals surface area contributed by atoms with Crippen LogP contribution in [0.5, 0.6) is 0 Å². The van der Waals surface area contributed by atoms with Crippen LogP contribution in [0.2, 0.25) is 5.02 Å². The predicted octanol–water partition coefficient (Wildman–Crippen LogP) is 3.00. The molecule has 0 amide bonds. The molecular weight excluding hydrogens is 362 g/mol. The van der Waals surface area contributed by atoms with E-state index in [2.05, 4.69) is 11.0 Å². The third-order valence-corrected chi connectivity index (χ3v) is 4.62. The quantitative estimate of drug-likeness (QED) is 0.506. The number of halogens is 1. The standard InChI is InChI=1S/C21H18ClN3O2/c1-4-11-25-19(26)10-9-17(23-25)13-18-12-14(2)20(24(18)3)21(27)15-5-7-16(22)8-6-15/h1,5-10,12H,11,13H2,2-3H3. The first kappa shape index (κ1) is 18.7. The molecular formula is C21H18ClN3O2. The van der Waals surface area contributed by atoms with Gasteiger partial charge >= 0.3 is 0 Å². The summed E-state index contributed by atoms with van der Waals surface area (Å²) in [5.41, 5.74) is 3.46. The highest BCUT2D eigenvalue weighted by atomic mass is 35.5. The fourth-order valence-corrected chi connectivity index (χ4v) is 3.16. The lowest BCUT2D eigenvalue weighted by Gasteiger charge is -2.09. The number of hydrogen-bond acceptors (Lipinski definition) is 3. The van der Waals surface area contributed by atoms with Gasteiger partial charge in [0.25, 0.3) is 5.56 Å². The summed E-state index contributed by atoms with van der Waals surface area (Å²) in [5.74, 6) is 2.35. The molecule has 6 heteroatoms. The van der Waals surface area contributed by atoms with Gasteiger partial charge in [0.05, 0.1) is 11.4 Å². The van der Waals surface area contributed by atoms with Gasteiger partial charge < -0.3 is 4.57 Å². The molecule has 0 saturated heterocycles. The van der Waals surface area contributed by atoms with Gasteiger partial charge in [-0.2, -0.15) is 5.10 Å². The fraction of sp³-hybridized carbons (Fsp3) is 0.190. The van der Waals surface area contributed by atoms with Gasteiger partial charge in [0, 0.05) is 35.8 Å². The zero-order valence-electron chi connectivity index (χ0n) is 15.1. The van der Waals surface area contributed by atoms with Crippen molar-refractivity contribution in [1.29, 1.82) is 0 Å². The number of rotatable bonds is 5. The molecule has 0 saturated carbocycles. The molecule has 2 heterocycles. The van der Waals surface area contributed by atoms with Crippen LogP contribution < -0.4 is 5.56 Å². The number of carbonyl (C=O) groups is 1. The van der Waals surface area contributed by atoms with Gasteiger partial charge in [-0.3, -0.25) is 9.59 Å². The van der Waals surface area contributed by atoms with Crippen LogP contribution in [0.1, 0.15) is 33.0 Å². The van der Waals surface area contributed by atoms with E-state index in [9.17, 15) is 9.59 Å². The molecule has 0 unspecified atom stereocenters. The van der Waals surface area contributed by atoms with Crippen molar-refractivity contribution in [2.75, 3.05) is 0 Å². The first-order valence-corrected chi connectivity index (χ1v) is 8.74. The summed E-state index contributed by atoms with van der Waals surface area (Å²) in [6.45, 7) is 2.03. The molecule has 0 radical (unpaired) electrons. The molecule has 0 aliphatic heterocycles. The summed E-state index contributed by atoms with van der Waals surface area (Å²) in [4.78, 5) is 24.7. The van der Waals surface area contributed by atoms with Gasteiger partial charge in [-0.05, 0) is 48.9 Å². The van der Waals surface area contributed by atoms with Crippen LogP contribution in [0.4, 0.5) is 0 Å². The number of terminal acetylenes is 1. The average Bonchev–Trinajstić information content (AvgIpc) is 2.91. The number of hydrogen-bond donors (Lipinski definition) is 0. The largest absolute Gasteiger partial charge is 0.344 e. The highest BCUT2D eigenvalue weighted by Gasteiger charge is 2.19. The smallest absolute Gasteiger partial charge is 0.267 e. The Kier molecular flexibility index (Phi) is 5.29. The summed E-state index contributed by atoms with van der Waals surface area (Å²) < 4.78 is 3.12. The highest BCUT2D eigenvalue weighted by molar-refractivity contribution is 6.30. The van der Waals surface area contributed by atoms with E-state index in [0.717, 1.165) is 11.3 Å². The second kappa shape index (κ2) is 7.65. The van der Waals surface area contributed by atoms with E-state index < -0.39 is 0 Å². The molecule has 1 aromatic carbocycles. The van der Waals surface area contributed by atoms with Gasteiger partial charge in [-0.25, -0.2) is 4.68 Å². The minimum Gasteiger partial charge on any atom is -0.344 e. The van der Waals surface area contributed by atoms with Crippen LogP contribution in [0.15, 0.2) is 47.3 Å². The van der Waals surface area contributed by atoms with E-state index in [1.807, 2.05) is 24.6 Å². The number of aromatic nitrogens is 3. The molecule has 3 aromatic rings. The lowest BCUT2D eigenvalue weighted by atomic mass is 10.1. The maximum atomic E-state index is 12.9. The monoisotopic (exact) mass is 379 g/mol. The van der Waals surface area contributed by atoms with Crippen molar-refractivity contribution in [3.8, 4) is 12.3 Å². The lowest BCUT2D eigenvalue weighted by molar-refractivity contribution is 0.103. The van der Waals surface area contributed by atoms with Crippen molar-refractivity contribution in [2.24, 2.45) is 7.05 Å². The number of aryl methyl sites for hydroxylation is 1. The molecule has 0 spiro atoms. The van der Waals surface area contributed by atoms with Crippen LogP contribution in [-0.4, -0.2) is 20.1 Å². The average molecular weight is 380 g/mol. The minimum atomic E-state index is -0.238. The molecule has 0 fully saturated rings. The molecule has 2 aromatic heterocycles. The van der Waals surface area contributed by atoms with Gasteiger partial charge in [0.1, 0.15) is 6.54 Å². The third-order valence-electron chi connectivity index (χ3n) is 4.37. The zero-order valence-corrected chi connectivity index (χ0v) is 15.8. The summed E-state index contributed by atoms with van der Waals surface area (Å²) in [5, 5.41) is 4.89. The van der Waals surface area contributed by atoms with E-state index in [0.29, 0.717) is 28.4 Å². The molecule has 27 heavy (non-hydrogen) atoms. The Morgan fingerprint density at radius 2 is 1.93 bits per heavy atom. The van der Waals surface area contributed by atoms with Gasteiger partial charge in [-0.15, -0.1) is 6.42 Å². The van der Waals surface area contributed by atoms with Crippen LogP contribution in [-0.2, 0) is 20.0 Å². The topological polar surface area (TPSA) is 56.9 Å². The number of ketones is 1. The first-order valence-electron chi connectivity index (χ1n) is 8.36. The fourth-order valence-electron chi connectivity index (χ4n) is 3.03. The molecule has 0 aliphatic rings. The Hall–Kier alpha value is -3.10. The second-order valence-electron chi connectivity index (χ2n) is 6.26. The van der Waals surface area contributed by atoms with Crippen LogP contribution in [0, 0.1) is 19.3 Å². The summed E-state index contributed by atoms with van der Waals surface area (Å²) in [6, 6.07) is 11.9. The summed E-state index contributed by atoms with van der Waals surface area (Å²) in [7, 11) is 1.85. The summed E-state index contributed by atoms with van der Waals surface area (Å²) >= 11 is 5.91. The van der Waals surface area contributed by atoms with Crippen molar-refractivity contribution in [3.05, 3.63) is 86.0 Å². The van der Waals surface area contributed by atoms with Crippen LogP contribution in [0.25, 0.3) is 0 Å². The van der Waals surface area contributed by atoms with Gasteiger partial charge in [-0.1, -0.05) is 17.5 Å². The molecule has 0 aliphatic carbocycles. The third kappa shape index (κ3) is 3.86. The van der Waals surface area contributed by atoms with Crippen molar-refractivity contribution in [2.45, 2.75) is 19.9 Å². The minimum absolute atomic E-state index is 0.0665. The molecule has 3 rings (SSSR count). The van der Waals surface area contributed by atoms with Gasteiger partial charge in [0.2, 0.25) is 5.78 Å². The Morgan fingerprint density at radius 1 is 1.22 bits per heavy atom. The van der Waals surface area contributed by atoms with Crippen molar-refractivity contribution in [1.82, 2.24) is 14.3 Å². The van der Waals surface area contributed by atoms with E-state index in [-0.39, 0.29) is 17.9 Å². The zero-order chi connectivity index (χ0) is 19.6. The maximum absolute atomic E-state index is 12.9. The number of carbonyl (C=O) groups excluding carboxylic acids is 1. The SMILES string of the molecule is C#CCn1nc(Cc2cc(C)c(C(=O)c3ccc(Cl)cc3)n2C)ccc1=O.